The molecule has 3 rings (SSSR count). The topological polar surface area (TPSA) is 158 Å². The van der Waals surface area contributed by atoms with Gasteiger partial charge in [0.05, 0.1) is 48.4 Å². The molecule has 0 aliphatic carbocycles. The maximum absolute atomic E-state index is 12.7. The Morgan fingerprint density at radius 1 is 0.622 bits per heavy atom. The third-order valence-corrected chi connectivity index (χ3v) is 7.56. The maximum atomic E-state index is 12.7. The smallest absolute Gasteiger partial charge is 0.343 e. The quantitative estimate of drug-likeness (QED) is 0.0784. The fourth-order valence-corrected chi connectivity index (χ4v) is 4.34. The van der Waals surface area contributed by atoms with Crippen LogP contribution in [0.1, 0.15) is 39.1 Å². The molecule has 14 heteroatoms. The Morgan fingerprint density at radius 3 is 1.47 bits per heavy atom. The van der Waals surface area contributed by atoms with E-state index in [0.717, 1.165) is 10.8 Å². The van der Waals surface area contributed by atoms with Crippen molar-refractivity contribution in [2.45, 2.75) is 19.8 Å². The van der Waals surface area contributed by atoms with E-state index in [1.54, 1.807) is 37.3 Å². The number of ether oxygens (including phenoxy) is 4. The van der Waals surface area contributed by atoms with Gasteiger partial charge in [0.1, 0.15) is 23.0 Å². The summed E-state index contributed by atoms with van der Waals surface area (Å²) in [5, 5.41) is 1.45. The van der Waals surface area contributed by atoms with E-state index in [4.69, 9.17) is 18.9 Å². The van der Waals surface area contributed by atoms with Crippen molar-refractivity contribution in [3.63, 3.8) is 0 Å². The summed E-state index contributed by atoms with van der Waals surface area (Å²) < 4.78 is 76.2. The van der Waals surface area contributed by atoms with Crippen molar-refractivity contribution >= 4 is 32.2 Å². The average Bonchev–Trinajstić information content (AvgIpc) is 3.02. The maximum Gasteiger partial charge on any atom is 0.343 e. The summed E-state index contributed by atoms with van der Waals surface area (Å²) in [5.41, 5.74) is 1.11. The summed E-state index contributed by atoms with van der Waals surface area (Å²) in [4.78, 5) is 25.3. The molecule has 0 spiro atoms. The van der Waals surface area contributed by atoms with Crippen LogP contribution in [-0.4, -0.2) is 55.2 Å². The number of hydrogen-bond acceptors (Lipinski definition) is 12. The van der Waals surface area contributed by atoms with Gasteiger partial charge in [-0.2, -0.15) is 16.8 Å². The summed E-state index contributed by atoms with van der Waals surface area (Å²) in [6, 6.07) is 17.0. The van der Waals surface area contributed by atoms with Crippen molar-refractivity contribution < 1.29 is 53.7 Å². The Kier molecular flexibility index (Phi) is 12.9. The van der Waals surface area contributed by atoms with Crippen LogP contribution >= 0.6 is 0 Å². The summed E-state index contributed by atoms with van der Waals surface area (Å²) in [6.07, 6.45) is 0.657. The summed E-state index contributed by atoms with van der Waals surface area (Å²) in [7, 11) is -7.44. The largest absolute Gasteiger partial charge is 0.494 e. The summed E-state index contributed by atoms with van der Waals surface area (Å²) in [6.45, 7) is 8.33. The fourth-order valence-electron chi connectivity index (χ4n) is 3.44. The summed E-state index contributed by atoms with van der Waals surface area (Å²) >= 11 is 0. The van der Waals surface area contributed by atoms with Gasteiger partial charge in [0.25, 0.3) is 20.2 Å². The lowest BCUT2D eigenvalue weighted by atomic mass is 10.2. The molecule has 3 aromatic carbocycles. The molecule has 0 aliphatic heterocycles. The van der Waals surface area contributed by atoms with E-state index in [2.05, 4.69) is 21.5 Å². The SMILES string of the molecule is C=CS(=O)(=O)OCCCOc1ccc(C(=O)Oc2ccc(OC(=O)c3ccc(OCCCOS(=O)(=O)C=C)cc3)c(C)c2)cc1. The number of aryl methyl sites for hydroxylation is 1. The van der Waals surface area contributed by atoms with Crippen molar-refractivity contribution in [1.82, 2.24) is 0 Å². The molecule has 0 aromatic heterocycles. The zero-order valence-electron chi connectivity index (χ0n) is 24.4. The van der Waals surface area contributed by atoms with E-state index in [1.165, 1.54) is 36.4 Å². The third kappa shape index (κ3) is 11.8. The predicted octanol–water partition coefficient (Wildman–Crippen LogP) is 4.95. The lowest BCUT2D eigenvalue weighted by Crippen LogP contribution is -2.11. The van der Waals surface area contributed by atoms with Gasteiger partial charge in [-0.1, -0.05) is 13.2 Å². The van der Waals surface area contributed by atoms with Gasteiger partial charge in [0.2, 0.25) is 0 Å². The predicted molar refractivity (Wildman–Crippen MR) is 164 cm³/mol. The highest BCUT2D eigenvalue weighted by atomic mass is 32.2. The summed E-state index contributed by atoms with van der Waals surface area (Å²) in [5.74, 6) is 0.281. The van der Waals surface area contributed by atoms with Crippen LogP contribution in [0.4, 0.5) is 0 Å². The van der Waals surface area contributed by atoms with Gasteiger partial charge in [-0.15, -0.1) is 0 Å². The highest BCUT2D eigenvalue weighted by molar-refractivity contribution is 7.89. The minimum atomic E-state index is -3.72. The highest BCUT2D eigenvalue weighted by Gasteiger charge is 2.14. The van der Waals surface area contributed by atoms with Crippen LogP contribution in [-0.2, 0) is 28.6 Å². The van der Waals surface area contributed by atoms with Crippen LogP contribution < -0.4 is 18.9 Å². The first kappa shape index (κ1) is 35.0. The normalized spacial score (nSPS) is 11.3. The fraction of sp³-hybridized carbons (Fsp3) is 0.226. The van der Waals surface area contributed by atoms with Crippen LogP contribution in [0.25, 0.3) is 0 Å². The van der Waals surface area contributed by atoms with Crippen molar-refractivity contribution in [1.29, 1.82) is 0 Å². The Bertz CT molecular complexity index is 1700. The van der Waals surface area contributed by atoms with Crippen molar-refractivity contribution in [2.24, 2.45) is 0 Å². The molecule has 12 nitrogen and oxygen atoms in total. The molecular formula is C31H32O12S2. The van der Waals surface area contributed by atoms with Crippen LogP contribution in [0.3, 0.4) is 0 Å². The van der Waals surface area contributed by atoms with E-state index in [9.17, 15) is 26.4 Å². The van der Waals surface area contributed by atoms with E-state index < -0.39 is 32.2 Å². The van der Waals surface area contributed by atoms with Gasteiger partial charge in [-0.05, 0) is 79.2 Å². The standard InChI is InChI=1S/C31H32O12S2/c1-4-44(34,35)40-20-6-18-38-26-12-8-24(9-13-26)30(32)42-28-16-17-29(23(3)22-28)43-31(33)25-10-14-27(15-11-25)39-19-7-21-41-45(36,37)5-2/h4-5,8-17,22H,1-2,6-7,18-21H2,3H3. The zero-order valence-corrected chi connectivity index (χ0v) is 26.0. The molecule has 240 valence electrons. The van der Waals surface area contributed by atoms with E-state index in [1.807, 2.05) is 0 Å². The van der Waals surface area contributed by atoms with E-state index in [-0.39, 0.29) is 49.1 Å². The number of hydrogen-bond donors (Lipinski definition) is 0. The molecule has 0 saturated heterocycles. The molecule has 0 amide bonds. The molecular weight excluding hydrogens is 628 g/mol. The second-order valence-electron chi connectivity index (χ2n) is 9.12. The molecule has 0 fully saturated rings. The van der Waals surface area contributed by atoms with Crippen LogP contribution in [0, 0.1) is 6.92 Å². The Labute approximate surface area is 262 Å². The van der Waals surface area contributed by atoms with Crippen LogP contribution in [0.15, 0.2) is 90.7 Å². The van der Waals surface area contributed by atoms with Gasteiger partial charge in [0, 0.05) is 12.8 Å². The second kappa shape index (κ2) is 16.5. The molecule has 0 aliphatic rings. The van der Waals surface area contributed by atoms with Gasteiger partial charge < -0.3 is 18.9 Å². The molecule has 0 bridgehead atoms. The van der Waals surface area contributed by atoms with E-state index >= 15 is 0 Å². The molecule has 45 heavy (non-hydrogen) atoms. The lowest BCUT2D eigenvalue weighted by Gasteiger charge is -2.11. The van der Waals surface area contributed by atoms with Gasteiger partial charge in [-0.3, -0.25) is 8.37 Å². The minimum Gasteiger partial charge on any atom is -0.494 e. The average molecular weight is 661 g/mol. The Hall–Kier alpha value is -4.50. The zero-order chi connectivity index (χ0) is 32.9. The molecule has 0 radical (unpaired) electrons. The molecule has 0 atom stereocenters. The third-order valence-electron chi connectivity index (χ3n) is 5.76. The first-order valence-corrected chi connectivity index (χ1v) is 16.4. The number of benzene rings is 3. The molecule has 0 unspecified atom stereocenters. The Morgan fingerprint density at radius 2 is 1.04 bits per heavy atom. The monoisotopic (exact) mass is 660 g/mol. The number of rotatable bonds is 18. The second-order valence-corrected chi connectivity index (χ2v) is 12.2. The van der Waals surface area contributed by atoms with Crippen LogP contribution in [0.2, 0.25) is 0 Å². The molecule has 0 heterocycles. The van der Waals surface area contributed by atoms with Gasteiger partial charge in [-0.25, -0.2) is 9.59 Å². The minimum absolute atomic E-state index is 0.0491. The molecule has 0 saturated carbocycles. The van der Waals surface area contributed by atoms with Gasteiger partial charge in [0.15, 0.2) is 0 Å². The number of carbonyl (C=O) groups excluding carboxylic acids is 2. The van der Waals surface area contributed by atoms with Crippen LogP contribution in [0.5, 0.6) is 23.0 Å². The van der Waals surface area contributed by atoms with Crippen molar-refractivity contribution in [3.8, 4) is 23.0 Å². The highest BCUT2D eigenvalue weighted by Crippen LogP contribution is 2.26. The van der Waals surface area contributed by atoms with Crippen molar-refractivity contribution in [2.75, 3.05) is 26.4 Å². The van der Waals surface area contributed by atoms with Crippen molar-refractivity contribution in [3.05, 3.63) is 107 Å². The number of esters is 2. The lowest BCUT2D eigenvalue weighted by molar-refractivity contribution is 0.0718. The van der Waals surface area contributed by atoms with E-state index in [0.29, 0.717) is 29.9 Å². The first-order valence-electron chi connectivity index (χ1n) is 13.5. The molecule has 3 aromatic rings. The first-order chi connectivity index (χ1) is 21.4. The number of carbonyl (C=O) groups is 2. The molecule has 0 N–H and O–H groups in total. The van der Waals surface area contributed by atoms with Gasteiger partial charge >= 0.3 is 11.9 Å². The Balaban J connectivity index is 1.45.